The Hall–Kier alpha value is -1.13. The van der Waals surface area contributed by atoms with E-state index < -0.39 is 0 Å². The highest BCUT2D eigenvalue weighted by atomic mass is 19.1. The first kappa shape index (κ1) is 10.4. The Bertz CT molecular complexity index is 341. The minimum Gasteiger partial charge on any atom is -0.465 e. The van der Waals surface area contributed by atoms with Crippen LogP contribution in [0.25, 0.3) is 0 Å². The molecule has 1 aliphatic heterocycles. The summed E-state index contributed by atoms with van der Waals surface area (Å²) in [5.74, 6) is 0.428. The van der Waals surface area contributed by atoms with Crippen molar-refractivity contribution in [2.24, 2.45) is 0 Å². The van der Waals surface area contributed by atoms with Crippen LogP contribution in [0.2, 0.25) is 0 Å². The third kappa shape index (κ3) is 2.46. The van der Waals surface area contributed by atoms with E-state index in [2.05, 4.69) is 0 Å². The summed E-state index contributed by atoms with van der Waals surface area (Å²) in [7, 11) is 0. The molecule has 2 rings (SSSR count). The Balaban J connectivity index is 2.03. The number of aliphatic hydroxyl groups is 1. The maximum absolute atomic E-state index is 12.9. The second kappa shape index (κ2) is 4.59. The Morgan fingerprint density at radius 1 is 1.53 bits per heavy atom. The van der Waals surface area contributed by atoms with Gasteiger partial charge in [-0.05, 0) is 30.2 Å². The lowest BCUT2D eigenvalue weighted by atomic mass is 10.1. The molecule has 3 nitrogen and oxygen atoms in total. The van der Waals surface area contributed by atoms with E-state index in [0.29, 0.717) is 12.2 Å². The van der Waals surface area contributed by atoms with E-state index in [-0.39, 0.29) is 25.3 Å². The van der Waals surface area contributed by atoms with Crippen molar-refractivity contribution < 1.29 is 19.0 Å². The van der Waals surface area contributed by atoms with Crippen molar-refractivity contribution >= 4 is 0 Å². The van der Waals surface area contributed by atoms with Gasteiger partial charge < -0.3 is 14.6 Å². The molecule has 1 N–H and O–H groups in total. The number of benzene rings is 1. The van der Waals surface area contributed by atoms with E-state index in [1.165, 1.54) is 12.1 Å². The molecule has 1 aliphatic rings. The summed E-state index contributed by atoms with van der Waals surface area (Å²) >= 11 is 0. The average molecular weight is 212 g/mol. The number of hydrogen-bond donors (Lipinski definition) is 1. The summed E-state index contributed by atoms with van der Waals surface area (Å²) < 4.78 is 23.6. The van der Waals surface area contributed by atoms with Crippen molar-refractivity contribution in [3.05, 3.63) is 29.6 Å². The fourth-order valence-corrected chi connectivity index (χ4v) is 1.63. The lowest BCUT2D eigenvalue weighted by Crippen LogP contribution is -2.26. The fourth-order valence-electron chi connectivity index (χ4n) is 1.63. The number of halogens is 1. The van der Waals surface area contributed by atoms with Gasteiger partial charge >= 0.3 is 0 Å². The molecule has 15 heavy (non-hydrogen) atoms. The van der Waals surface area contributed by atoms with Gasteiger partial charge in [0.2, 0.25) is 0 Å². The fraction of sp³-hybridized carbons (Fsp3) is 0.455. The van der Waals surface area contributed by atoms with Gasteiger partial charge in [-0.1, -0.05) is 0 Å². The predicted molar refractivity (Wildman–Crippen MR) is 52.2 cm³/mol. The quantitative estimate of drug-likeness (QED) is 0.824. The largest absolute Gasteiger partial charge is 0.465 e. The minimum absolute atomic E-state index is 0.0177. The second-order valence-corrected chi connectivity index (χ2v) is 3.43. The van der Waals surface area contributed by atoms with Gasteiger partial charge in [-0.3, -0.25) is 0 Å². The molecule has 1 atom stereocenters. The highest BCUT2D eigenvalue weighted by molar-refractivity contribution is 5.35. The lowest BCUT2D eigenvalue weighted by Gasteiger charge is -2.25. The first-order chi connectivity index (χ1) is 7.29. The monoisotopic (exact) mass is 212 g/mol. The standard InChI is InChI=1S/C11H13FO3/c12-9-2-3-10-8(7-9)1-4-11(15-10)14-6-5-13/h2-3,7,11,13H,1,4-6H2/t11-/m0/s1. The number of aliphatic hydroxyl groups excluding tert-OH is 1. The first-order valence-electron chi connectivity index (χ1n) is 4.97. The van der Waals surface area contributed by atoms with E-state index in [1.807, 2.05) is 0 Å². The van der Waals surface area contributed by atoms with Crippen LogP contribution in [0, 0.1) is 5.82 Å². The van der Waals surface area contributed by atoms with E-state index in [1.54, 1.807) is 6.07 Å². The van der Waals surface area contributed by atoms with Crippen LogP contribution in [0.3, 0.4) is 0 Å². The summed E-state index contributed by atoms with van der Waals surface area (Å²) in [6.07, 6.45) is 1.11. The third-order valence-electron chi connectivity index (χ3n) is 2.33. The average Bonchev–Trinajstić information content (AvgIpc) is 2.26. The van der Waals surface area contributed by atoms with Gasteiger partial charge in [0, 0.05) is 6.42 Å². The van der Waals surface area contributed by atoms with Gasteiger partial charge in [0.05, 0.1) is 13.2 Å². The lowest BCUT2D eigenvalue weighted by molar-refractivity contribution is -0.0986. The van der Waals surface area contributed by atoms with Crippen LogP contribution in [0.15, 0.2) is 18.2 Å². The Morgan fingerprint density at radius 3 is 3.20 bits per heavy atom. The van der Waals surface area contributed by atoms with E-state index in [4.69, 9.17) is 14.6 Å². The van der Waals surface area contributed by atoms with Gasteiger partial charge in [-0.2, -0.15) is 0 Å². The van der Waals surface area contributed by atoms with Crippen molar-refractivity contribution in [1.29, 1.82) is 0 Å². The van der Waals surface area contributed by atoms with E-state index in [0.717, 1.165) is 12.0 Å². The maximum Gasteiger partial charge on any atom is 0.200 e. The molecule has 82 valence electrons. The predicted octanol–water partition coefficient (Wildman–Crippen LogP) is 1.49. The molecule has 1 aromatic rings. The van der Waals surface area contributed by atoms with Crippen LogP contribution in [0.5, 0.6) is 5.75 Å². The van der Waals surface area contributed by atoms with Crippen LogP contribution in [-0.2, 0) is 11.2 Å². The van der Waals surface area contributed by atoms with Gasteiger partial charge in [0.1, 0.15) is 11.6 Å². The molecule has 0 radical (unpaired) electrons. The Labute approximate surface area is 87.4 Å². The summed E-state index contributed by atoms with van der Waals surface area (Å²) in [5.41, 5.74) is 0.874. The van der Waals surface area contributed by atoms with Crippen LogP contribution >= 0.6 is 0 Å². The summed E-state index contributed by atoms with van der Waals surface area (Å²) in [5, 5.41) is 8.60. The molecule has 0 saturated heterocycles. The molecule has 0 saturated carbocycles. The van der Waals surface area contributed by atoms with Crippen molar-refractivity contribution in [3.63, 3.8) is 0 Å². The van der Waals surface area contributed by atoms with Crippen LogP contribution in [0.4, 0.5) is 4.39 Å². The number of aryl methyl sites for hydroxylation is 1. The van der Waals surface area contributed by atoms with Crippen LogP contribution < -0.4 is 4.74 Å². The summed E-state index contributed by atoms with van der Waals surface area (Å²) in [4.78, 5) is 0. The molecular weight excluding hydrogens is 199 g/mol. The smallest absolute Gasteiger partial charge is 0.200 e. The number of ether oxygens (including phenoxy) is 2. The van der Waals surface area contributed by atoms with E-state index in [9.17, 15) is 4.39 Å². The molecule has 0 bridgehead atoms. The normalized spacial score (nSPS) is 19.5. The zero-order valence-corrected chi connectivity index (χ0v) is 8.28. The zero-order chi connectivity index (χ0) is 10.7. The van der Waals surface area contributed by atoms with Crippen LogP contribution in [-0.4, -0.2) is 24.6 Å². The maximum atomic E-state index is 12.9. The number of hydrogen-bond acceptors (Lipinski definition) is 3. The summed E-state index contributed by atoms with van der Waals surface area (Å²) in [6.45, 7) is 0.247. The van der Waals surface area contributed by atoms with Crippen molar-refractivity contribution in [2.45, 2.75) is 19.1 Å². The molecule has 0 fully saturated rings. The van der Waals surface area contributed by atoms with Crippen molar-refractivity contribution in [2.75, 3.05) is 13.2 Å². The molecule has 4 heteroatoms. The molecule has 0 unspecified atom stereocenters. The number of fused-ring (bicyclic) bond motifs is 1. The molecule has 0 aromatic heterocycles. The highest BCUT2D eigenvalue weighted by Gasteiger charge is 2.20. The molecule has 0 aliphatic carbocycles. The zero-order valence-electron chi connectivity index (χ0n) is 8.28. The third-order valence-corrected chi connectivity index (χ3v) is 2.33. The molecule has 1 heterocycles. The SMILES string of the molecule is OCCO[C@@H]1CCc2cc(F)ccc2O1. The van der Waals surface area contributed by atoms with Crippen LogP contribution in [0.1, 0.15) is 12.0 Å². The van der Waals surface area contributed by atoms with Gasteiger partial charge in [0.25, 0.3) is 0 Å². The molecule has 0 spiro atoms. The van der Waals surface area contributed by atoms with Crippen molar-refractivity contribution in [1.82, 2.24) is 0 Å². The van der Waals surface area contributed by atoms with E-state index >= 15 is 0 Å². The van der Waals surface area contributed by atoms with Gasteiger partial charge in [0.15, 0.2) is 6.29 Å². The summed E-state index contributed by atoms with van der Waals surface area (Å²) in [6, 6.07) is 4.46. The van der Waals surface area contributed by atoms with Gasteiger partial charge in [-0.15, -0.1) is 0 Å². The second-order valence-electron chi connectivity index (χ2n) is 3.43. The molecular formula is C11H13FO3. The molecule has 0 amide bonds. The molecule has 1 aromatic carbocycles. The van der Waals surface area contributed by atoms with Gasteiger partial charge in [-0.25, -0.2) is 4.39 Å². The Morgan fingerprint density at radius 2 is 2.40 bits per heavy atom. The first-order valence-corrected chi connectivity index (χ1v) is 4.97. The number of rotatable bonds is 3. The Kier molecular flexibility index (Phi) is 3.18. The van der Waals surface area contributed by atoms with Crippen molar-refractivity contribution in [3.8, 4) is 5.75 Å². The highest BCUT2D eigenvalue weighted by Crippen LogP contribution is 2.28. The topological polar surface area (TPSA) is 38.7 Å². The minimum atomic E-state index is -0.324.